The molecule has 0 aliphatic heterocycles. The van der Waals surface area contributed by atoms with E-state index in [1.807, 2.05) is 0 Å². The molecule has 1 aromatic rings. The number of nitrogens with one attached hydrogen (secondary N) is 1. The summed E-state index contributed by atoms with van der Waals surface area (Å²) in [4.78, 5) is 11.2. The molecule has 0 spiro atoms. The molecule has 0 saturated carbocycles. The van der Waals surface area contributed by atoms with E-state index in [0.717, 1.165) is 0 Å². The van der Waals surface area contributed by atoms with Crippen LogP contribution in [-0.2, 0) is 11.2 Å². The van der Waals surface area contributed by atoms with Gasteiger partial charge in [0.15, 0.2) is 0 Å². The van der Waals surface area contributed by atoms with Crippen LogP contribution >= 0.6 is 23.2 Å². The summed E-state index contributed by atoms with van der Waals surface area (Å²) in [5.41, 5.74) is 0.670. The first-order valence-corrected chi connectivity index (χ1v) is 5.81. The molecule has 0 aliphatic carbocycles. The molecule has 0 atom stereocenters. The van der Waals surface area contributed by atoms with Crippen LogP contribution in [0, 0.1) is 0 Å². The zero-order valence-electron chi connectivity index (χ0n) is 9.15. The second kappa shape index (κ2) is 6.29. The fourth-order valence-corrected chi connectivity index (χ4v) is 1.76. The average Bonchev–Trinajstić information content (AvgIpc) is 2.24. The number of amides is 1. The molecule has 0 fully saturated rings. The standard InChI is InChI=1S/C11H10Cl2F3NO/c12-8-3-1-7(9(13)5-8)2-4-10(18)17-6-11(14,15)16/h1,3,5H,2,4,6H2,(H,17,18). The first kappa shape index (κ1) is 15.1. The fourth-order valence-electron chi connectivity index (χ4n) is 1.26. The van der Waals surface area contributed by atoms with Gasteiger partial charge in [0, 0.05) is 16.5 Å². The average molecular weight is 300 g/mol. The minimum absolute atomic E-state index is 0.0581. The van der Waals surface area contributed by atoms with Crippen LogP contribution in [0.2, 0.25) is 10.0 Å². The van der Waals surface area contributed by atoms with E-state index in [0.29, 0.717) is 15.6 Å². The Hall–Kier alpha value is -0.940. The van der Waals surface area contributed by atoms with Crippen molar-refractivity contribution in [2.24, 2.45) is 0 Å². The number of alkyl halides is 3. The van der Waals surface area contributed by atoms with Crippen molar-refractivity contribution >= 4 is 29.1 Å². The Morgan fingerprint density at radius 3 is 2.50 bits per heavy atom. The fraction of sp³-hybridized carbons (Fsp3) is 0.364. The van der Waals surface area contributed by atoms with Gasteiger partial charge in [-0.2, -0.15) is 13.2 Å². The zero-order chi connectivity index (χ0) is 13.8. The molecule has 0 aromatic heterocycles. The van der Waals surface area contributed by atoms with Gasteiger partial charge < -0.3 is 5.32 Å². The molecule has 1 rings (SSSR count). The Labute approximate surface area is 112 Å². The number of carbonyl (C=O) groups is 1. The SMILES string of the molecule is O=C(CCc1ccc(Cl)cc1Cl)NCC(F)(F)F. The molecule has 100 valence electrons. The van der Waals surface area contributed by atoms with Crippen LogP contribution in [0.3, 0.4) is 0 Å². The summed E-state index contributed by atoms with van der Waals surface area (Å²) in [5, 5.41) is 2.65. The topological polar surface area (TPSA) is 29.1 Å². The van der Waals surface area contributed by atoms with Crippen molar-refractivity contribution in [1.82, 2.24) is 5.32 Å². The Morgan fingerprint density at radius 2 is 1.94 bits per heavy atom. The maximum atomic E-state index is 11.8. The summed E-state index contributed by atoms with van der Waals surface area (Å²) in [7, 11) is 0. The highest BCUT2D eigenvalue weighted by molar-refractivity contribution is 6.35. The number of carbonyl (C=O) groups excluding carboxylic acids is 1. The highest BCUT2D eigenvalue weighted by Gasteiger charge is 2.27. The summed E-state index contributed by atoms with van der Waals surface area (Å²) in [6, 6.07) is 4.77. The van der Waals surface area contributed by atoms with Gasteiger partial charge in [-0.15, -0.1) is 0 Å². The van der Waals surface area contributed by atoms with Gasteiger partial charge >= 0.3 is 6.18 Å². The van der Waals surface area contributed by atoms with Gasteiger partial charge in [0.1, 0.15) is 6.54 Å². The van der Waals surface area contributed by atoms with E-state index >= 15 is 0 Å². The van der Waals surface area contributed by atoms with Crippen LogP contribution < -0.4 is 5.32 Å². The number of hydrogen-bond acceptors (Lipinski definition) is 1. The monoisotopic (exact) mass is 299 g/mol. The molecule has 0 aliphatic rings. The maximum Gasteiger partial charge on any atom is 0.405 e. The van der Waals surface area contributed by atoms with Crippen molar-refractivity contribution in [3.8, 4) is 0 Å². The van der Waals surface area contributed by atoms with E-state index in [2.05, 4.69) is 0 Å². The second-order valence-electron chi connectivity index (χ2n) is 3.63. The van der Waals surface area contributed by atoms with Crippen LogP contribution in [0.5, 0.6) is 0 Å². The third-order valence-electron chi connectivity index (χ3n) is 2.12. The Morgan fingerprint density at radius 1 is 1.28 bits per heavy atom. The molecule has 0 radical (unpaired) electrons. The molecular formula is C11H10Cl2F3NO. The van der Waals surface area contributed by atoms with E-state index in [1.54, 1.807) is 17.4 Å². The van der Waals surface area contributed by atoms with Crippen molar-refractivity contribution in [3.63, 3.8) is 0 Å². The summed E-state index contributed by atoms with van der Waals surface area (Å²) < 4.78 is 35.5. The van der Waals surface area contributed by atoms with Crippen LogP contribution in [0.1, 0.15) is 12.0 Å². The normalized spacial score (nSPS) is 11.4. The molecule has 1 N–H and O–H groups in total. The predicted molar refractivity (Wildman–Crippen MR) is 63.8 cm³/mol. The smallest absolute Gasteiger partial charge is 0.347 e. The number of rotatable bonds is 4. The van der Waals surface area contributed by atoms with Crippen LogP contribution in [0.25, 0.3) is 0 Å². The van der Waals surface area contributed by atoms with Gasteiger partial charge in [-0.05, 0) is 24.1 Å². The molecule has 18 heavy (non-hydrogen) atoms. The van der Waals surface area contributed by atoms with Crippen molar-refractivity contribution in [3.05, 3.63) is 33.8 Å². The zero-order valence-corrected chi connectivity index (χ0v) is 10.7. The van der Waals surface area contributed by atoms with Crippen molar-refractivity contribution in [2.75, 3.05) is 6.54 Å². The molecule has 0 saturated heterocycles. The maximum absolute atomic E-state index is 11.8. The van der Waals surface area contributed by atoms with Gasteiger partial charge in [0.05, 0.1) is 0 Å². The predicted octanol–water partition coefficient (Wildman–Crippen LogP) is 3.60. The number of halogens is 5. The quantitative estimate of drug-likeness (QED) is 0.904. The molecular weight excluding hydrogens is 290 g/mol. The molecule has 0 bridgehead atoms. The first-order chi connectivity index (χ1) is 8.28. The minimum atomic E-state index is -4.40. The molecule has 7 heteroatoms. The van der Waals surface area contributed by atoms with Gasteiger partial charge in [0.2, 0.25) is 5.91 Å². The van der Waals surface area contributed by atoms with Gasteiger partial charge in [-0.25, -0.2) is 0 Å². The molecule has 1 aromatic carbocycles. The second-order valence-corrected chi connectivity index (χ2v) is 4.47. The van der Waals surface area contributed by atoms with E-state index in [1.165, 1.54) is 6.07 Å². The van der Waals surface area contributed by atoms with E-state index in [-0.39, 0.29) is 12.8 Å². The highest BCUT2D eigenvalue weighted by atomic mass is 35.5. The first-order valence-electron chi connectivity index (χ1n) is 5.05. The molecule has 0 heterocycles. The molecule has 1 amide bonds. The lowest BCUT2D eigenvalue weighted by atomic mass is 10.1. The number of hydrogen-bond donors (Lipinski definition) is 1. The Bertz CT molecular complexity index is 435. The lowest BCUT2D eigenvalue weighted by molar-refractivity contribution is -0.138. The summed E-state index contributed by atoms with van der Waals surface area (Å²) in [6.07, 6.45) is -4.19. The summed E-state index contributed by atoms with van der Waals surface area (Å²) >= 11 is 11.6. The van der Waals surface area contributed by atoms with Gasteiger partial charge in [-0.3, -0.25) is 4.79 Å². The van der Waals surface area contributed by atoms with Crippen molar-refractivity contribution in [2.45, 2.75) is 19.0 Å². The van der Waals surface area contributed by atoms with Crippen LogP contribution in [0.4, 0.5) is 13.2 Å². The van der Waals surface area contributed by atoms with E-state index < -0.39 is 18.6 Å². The van der Waals surface area contributed by atoms with Crippen molar-refractivity contribution in [1.29, 1.82) is 0 Å². The van der Waals surface area contributed by atoms with Gasteiger partial charge in [-0.1, -0.05) is 29.3 Å². The van der Waals surface area contributed by atoms with Crippen LogP contribution in [0.15, 0.2) is 18.2 Å². The third-order valence-corrected chi connectivity index (χ3v) is 2.71. The number of benzene rings is 1. The summed E-state index contributed by atoms with van der Waals surface area (Å²) in [5.74, 6) is -0.668. The summed E-state index contributed by atoms with van der Waals surface area (Å²) in [6.45, 7) is -1.32. The van der Waals surface area contributed by atoms with E-state index in [9.17, 15) is 18.0 Å². The molecule has 2 nitrogen and oxygen atoms in total. The highest BCUT2D eigenvalue weighted by Crippen LogP contribution is 2.22. The van der Waals surface area contributed by atoms with Crippen LogP contribution in [-0.4, -0.2) is 18.6 Å². The van der Waals surface area contributed by atoms with E-state index in [4.69, 9.17) is 23.2 Å². The Balaban J connectivity index is 2.43. The third kappa shape index (κ3) is 5.60. The number of aryl methyl sites for hydroxylation is 1. The largest absolute Gasteiger partial charge is 0.405 e. The minimum Gasteiger partial charge on any atom is -0.347 e. The Kier molecular flexibility index (Phi) is 5.28. The van der Waals surface area contributed by atoms with Crippen molar-refractivity contribution < 1.29 is 18.0 Å². The molecule has 0 unspecified atom stereocenters. The lowest BCUT2D eigenvalue weighted by Gasteiger charge is -2.08. The van der Waals surface area contributed by atoms with Gasteiger partial charge in [0.25, 0.3) is 0 Å². The lowest BCUT2D eigenvalue weighted by Crippen LogP contribution is -2.33.